The fourth-order valence-corrected chi connectivity index (χ4v) is 6.86. The van der Waals surface area contributed by atoms with Crippen molar-refractivity contribution in [1.82, 2.24) is 20.1 Å². The number of thioether (sulfide) groups is 2. The third-order valence-corrected chi connectivity index (χ3v) is 9.06. The van der Waals surface area contributed by atoms with E-state index in [2.05, 4.69) is 32.2 Å². The first-order valence-electron chi connectivity index (χ1n) is 11.3. The van der Waals surface area contributed by atoms with Gasteiger partial charge in [-0.15, -0.1) is 34.9 Å². The first-order chi connectivity index (χ1) is 17.7. The number of hydrogen-bond acceptors (Lipinski definition) is 12. The van der Waals surface area contributed by atoms with E-state index in [1.165, 1.54) is 22.0 Å². The number of oxime groups is 1. The number of aromatic nitrogens is 1. The number of likely N-dealkylation sites (tertiary alicyclic amines) is 1. The lowest BCUT2D eigenvalue weighted by Crippen LogP contribution is -2.71. The molecule has 4 N–H and O–H groups in total. The van der Waals surface area contributed by atoms with Crippen LogP contribution in [0.2, 0.25) is 0 Å². The molecule has 1 aromatic heterocycles. The van der Waals surface area contributed by atoms with E-state index in [4.69, 9.17) is 5.73 Å². The molecule has 0 aromatic carbocycles. The Balaban J connectivity index is 1.46. The van der Waals surface area contributed by atoms with Crippen LogP contribution in [0.1, 0.15) is 25.5 Å². The van der Waals surface area contributed by atoms with Crippen LogP contribution in [0.5, 0.6) is 0 Å². The Hall–Kier alpha value is -2.88. The summed E-state index contributed by atoms with van der Waals surface area (Å²) in [7, 11) is 2.10. The van der Waals surface area contributed by atoms with Gasteiger partial charge in [-0.25, -0.2) is 14.6 Å². The Labute approximate surface area is 225 Å². The third kappa shape index (κ3) is 6.17. The second-order valence-electron chi connectivity index (χ2n) is 8.58. The summed E-state index contributed by atoms with van der Waals surface area (Å²) >= 11 is 4.10. The monoisotopic (exact) mass is 566 g/mol. The zero-order valence-electron chi connectivity index (χ0n) is 20.1. The van der Waals surface area contributed by atoms with Gasteiger partial charge in [-0.05, 0) is 50.0 Å². The molecule has 3 aliphatic rings. The highest BCUT2D eigenvalue weighted by Gasteiger charge is 2.54. The van der Waals surface area contributed by atoms with Gasteiger partial charge in [-0.3, -0.25) is 14.5 Å². The minimum atomic E-state index is -1.21. The molecule has 198 valence electrons. The van der Waals surface area contributed by atoms with Crippen molar-refractivity contribution in [2.75, 3.05) is 31.6 Å². The molecule has 2 amide bonds. The zero-order chi connectivity index (χ0) is 26.7. The Morgan fingerprint density at radius 3 is 2.70 bits per heavy atom. The Bertz CT molecular complexity index is 1190. The Morgan fingerprint density at radius 2 is 2.08 bits per heavy atom. The number of β-lactam (4-membered cyclic amide) rings is 1. The number of hydrogen-bond donors (Lipinski definition) is 3. The summed E-state index contributed by atoms with van der Waals surface area (Å²) in [6.07, 6.45) is 3.90. The Morgan fingerprint density at radius 1 is 1.35 bits per heavy atom. The van der Waals surface area contributed by atoms with E-state index < -0.39 is 35.2 Å². The first-order valence-corrected chi connectivity index (χ1v) is 14.2. The normalized spacial score (nSPS) is 23.1. The highest BCUT2D eigenvalue weighted by atomic mass is 32.2. The van der Waals surface area contributed by atoms with Crippen LogP contribution in [0, 0.1) is 0 Å². The Kier molecular flexibility index (Phi) is 8.56. The number of piperidine rings is 1. The van der Waals surface area contributed by atoms with Crippen molar-refractivity contribution in [1.29, 1.82) is 0 Å². The van der Waals surface area contributed by atoms with Crippen molar-refractivity contribution in [3.63, 3.8) is 0 Å². The molecule has 2 fully saturated rings. The number of carboxylic acid groups (broad SMARTS) is 1. The third-order valence-electron chi connectivity index (χ3n) is 5.94. The van der Waals surface area contributed by atoms with Gasteiger partial charge in [0.15, 0.2) is 10.8 Å². The van der Waals surface area contributed by atoms with Crippen LogP contribution in [0.4, 0.5) is 5.13 Å². The summed E-state index contributed by atoms with van der Waals surface area (Å²) in [6, 6.07) is -0.982. The maximum absolute atomic E-state index is 13.0. The number of nitrogens with zero attached hydrogens (tertiary/aromatic N) is 4. The number of nitrogens with one attached hydrogen (secondary N) is 1. The number of aliphatic carboxylic acids is 1. The highest BCUT2D eigenvalue weighted by molar-refractivity contribution is 8.02. The number of allylic oxidation sites excluding steroid dienone is 1. The van der Waals surface area contributed by atoms with Crippen LogP contribution in [0.25, 0.3) is 0 Å². The highest BCUT2D eigenvalue weighted by Crippen LogP contribution is 2.41. The van der Waals surface area contributed by atoms with Gasteiger partial charge in [-0.2, -0.15) is 0 Å². The summed E-state index contributed by atoms with van der Waals surface area (Å²) in [5.41, 5.74) is 5.86. The molecular formula is C22H26N6O6S3. The molecule has 2 atom stereocenters. The number of rotatable bonds is 8. The van der Waals surface area contributed by atoms with Crippen molar-refractivity contribution >= 4 is 69.5 Å². The number of nitrogen functional groups attached to an aromatic ring is 1. The van der Waals surface area contributed by atoms with Crippen LogP contribution >= 0.6 is 34.9 Å². The van der Waals surface area contributed by atoms with Gasteiger partial charge in [0.2, 0.25) is 0 Å². The molecule has 4 heterocycles. The van der Waals surface area contributed by atoms with Crippen LogP contribution < -0.4 is 11.1 Å². The quantitative estimate of drug-likeness (QED) is 0.178. The molecule has 0 spiro atoms. The second-order valence-corrected chi connectivity index (χ2v) is 11.8. The van der Waals surface area contributed by atoms with E-state index in [9.17, 15) is 24.3 Å². The van der Waals surface area contributed by atoms with Crippen LogP contribution in [-0.2, 0) is 24.0 Å². The van der Waals surface area contributed by atoms with Gasteiger partial charge in [0.05, 0.1) is 0 Å². The fourth-order valence-electron chi connectivity index (χ4n) is 4.04. The SMILES string of the molecule is CC(=O)ON=C(C(=O)N[C@@H]1C(=O)N2C(C(=O)O)=C(/C=C/SC3CCN(C)CC3)CS[C@H]12)c1csc(N)n1. The van der Waals surface area contributed by atoms with E-state index in [1.807, 2.05) is 5.41 Å². The average Bonchev–Trinajstić information content (AvgIpc) is 3.28. The lowest BCUT2D eigenvalue weighted by atomic mass is 10.0. The largest absolute Gasteiger partial charge is 0.477 e. The summed E-state index contributed by atoms with van der Waals surface area (Å²) in [4.78, 5) is 61.3. The van der Waals surface area contributed by atoms with Gasteiger partial charge >= 0.3 is 11.9 Å². The van der Waals surface area contributed by atoms with E-state index in [-0.39, 0.29) is 22.2 Å². The van der Waals surface area contributed by atoms with Gasteiger partial charge in [0, 0.05) is 23.3 Å². The summed E-state index contributed by atoms with van der Waals surface area (Å²) < 4.78 is 0. The minimum absolute atomic E-state index is 0.0828. The van der Waals surface area contributed by atoms with Crippen molar-refractivity contribution in [2.45, 2.75) is 36.4 Å². The molecule has 0 radical (unpaired) electrons. The average molecular weight is 567 g/mol. The standard InChI is InChI=1S/C22H26N6O6S3/c1-11(29)34-26-15(14-10-37-22(23)24-14)18(30)25-16-19(31)28-17(21(32)33)12(9-36-20(16)28)5-8-35-13-3-6-27(2)7-4-13/h5,8,10,13,16,20H,3-4,6-7,9H2,1-2H3,(H2,23,24)(H,25,30)(H,32,33)/b8-5+,26-15?/t16-,20-/m1/s1. The molecule has 12 nitrogen and oxygen atoms in total. The number of carbonyl (C=O) groups excluding carboxylic acids is 3. The molecule has 0 bridgehead atoms. The number of carbonyl (C=O) groups is 4. The smallest absolute Gasteiger partial charge is 0.352 e. The van der Waals surface area contributed by atoms with Crippen LogP contribution in [0.15, 0.2) is 33.3 Å². The number of fused-ring (bicyclic) bond motifs is 1. The van der Waals surface area contributed by atoms with Crippen molar-refractivity contribution in [3.8, 4) is 0 Å². The number of nitrogens with two attached hydrogens (primary N) is 1. The predicted molar refractivity (Wildman–Crippen MR) is 142 cm³/mol. The molecule has 4 rings (SSSR count). The van der Waals surface area contributed by atoms with Crippen molar-refractivity contribution in [2.24, 2.45) is 5.16 Å². The molecule has 15 heteroatoms. The summed E-state index contributed by atoms with van der Waals surface area (Å²) in [6.45, 7) is 3.19. The maximum Gasteiger partial charge on any atom is 0.352 e. The van der Waals surface area contributed by atoms with E-state index in [0.717, 1.165) is 44.2 Å². The van der Waals surface area contributed by atoms with E-state index >= 15 is 0 Å². The molecule has 0 unspecified atom stereocenters. The molecule has 0 aliphatic carbocycles. The lowest BCUT2D eigenvalue weighted by Gasteiger charge is -2.49. The molecule has 2 saturated heterocycles. The zero-order valence-corrected chi connectivity index (χ0v) is 22.5. The number of carboxylic acids is 1. The van der Waals surface area contributed by atoms with Gasteiger partial charge in [0.25, 0.3) is 11.8 Å². The van der Waals surface area contributed by atoms with Gasteiger partial charge in [0.1, 0.15) is 22.8 Å². The lowest BCUT2D eigenvalue weighted by molar-refractivity contribution is -0.150. The second kappa shape index (κ2) is 11.7. The fraction of sp³-hybridized carbons (Fsp3) is 0.455. The van der Waals surface area contributed by atoms with Crippen molar-refractivity contribution in [3.05, 3.63) is 33.8 Å². The molecule has 3 aliphatic heterocycles. The number of amides is 2. The molecular weight excluding hydrogens is 540 g/mol. The summed E-state index contributed by atoms with van der Waals surface area (Å²) in [5, 5.41) is 19.5. The maximum atomic E-state index is 13.0. The predicted octanol–water partition coefficient (Wildman–Crippen LogP) is 1.07. The summed E-state index contributed by atoms with van der Waals surface area (Å²) in [5.74, 6) is -2.94. The topological polar surface area (TPSA) is 168 Å². The van der Waals surface area contributed by atoms with E-state index in [1.54, 1.807) is 17.8 Å². The molecule has 1 aromatic rings. The van der Waals surface area contributed by atoms with Crippen LogP contribution in [0.3, 0.4) is 0 Å². The molecule has 0 saturated carbocycles. The van der Waals surface area contributed by atoms with E-state index in [0.29, 0.717) is 16.6 Å². The van der Waals surface area contributed by atoms with Crippen molar-refractivity contribution < 1.29 is 29.1 Å². The number of thiazole rings is 1. The minimum Gasteiger partial charge on any atom is -0.477 e. The van der Waals surface area contributed by atoms with Crippen LogP contribution in [-0.4, -0.2) is 91.9 Å². The molecule has 37 heavy (non-hydrogen) atoms. The van der Waals surface area contributed by atoms with Gasteiger partial charge < -0.3 is 25.9 Å². The number of anilines is 1. The first kappa shape index (κ1) is 27.2. The van der Waals surface area contributed by atoms with Gasteiger partial charge in [-0.1, -0.05) is 5.16 Å².